The van der Waals surface area contributed by atoms with E-state index >= 15 is 0 Å². The number of para-hydroxylation sites is 8. The van der Waals surface area contributed by atoms with Crippen LogP contribution in [-0.4, -0.2) is 65.9 Å². The molecule has 102 heavy (non-hydrogen) atoms. The van der Waals surface area contributed by atoms with Crippen molar-refractivity contribution in [3.8, 4) is 46.0 Å². The number of pyridine rings is 4. The molecule has 0 saturated carbocycles. The van der Waals surface area contributed by atoms with Crippen molar-refractivity contribution in [1.82, 2.24) is 19.9 Å². The Morgan fingerprint density at radius 3 is 0.578 bits per heavy atom. The summed E-state index contributed by atoms with van der Waals surface area (Å²) in [5.74, 6) is 0.457. The van der Waals surface area contributed by atoms with Gasteiger partial charge in [0.25, 0.3) is 0 Å². The minimum atomic E-state index is 0. The van der Waals surface area contributed by atoms with Gasteiger partial charge in [0, 0.05) is 134 Å². The molecule has 546 valence electrons. The Bertz CT molecular complexity index is 3600. The first-order valence-electron chi connectivity index (χ1n) is 28.6. The molecule has 0 amide bonds. The number of azo groups is 4. The van der Waals surface area contributed by atoms with E-state index in [1.54, 1.807) is 201 Å². The van der Waals surface area contributed by atoms with Gasteiger partial charge in [0.05, 0.1) is 6.61 Å². The number of aromatic nitrogens is 4. The summed E-state index contributed by atoms with van der Waals surface area (Å²) in [6, 6.07) is 70.1. The minimum Gasteiger partial charge on any atom is -0.506 e. The van der Waals surface area contributed by atoms with Crippen LogP contribution >= 0.6 is 0 Å². The van der Waals surface area contributed by atoms with Gasteiger partial charge in [0.2, 0.25) is 0 Å². The van der Waals surface area contributed by atoms with E-state index < -0.39 is 0 Å². The molecule has 0 bridgehead atoms. The number of nitrogens with zero attached hydrogens (tertiary/aromatic N) is 12. The van der Waals surface area contributed by atoms with Gasteiger partial charge in [0.15, 0.2) is 0 Å². The molecule has 0 spiro atoms. The van der Waals surface area contributed by atoms with Gasteiger partial charge in [-0.15, -0.1) is 40.9 Å². The molecule has 4 aromatic heterocycles. The van der Waals surface area contributed by atoms with E-state index in [2.05, 4.69) is 74.4 Å². The monoisotopic (exact) mass is 2100 g/mol. The number of aliphatic hydroxyl groups is 1. The molecule has 4 heterocycles. The first-order valence-corrected chi connectivity index (χ1v) is 28.6. The number of aromatic hydroxyl groups is 8. The van der Waals surface area contributed by atoms with E-state index in [1.165, 1.54) is 54.1 Å². The van der Waals surface area contributed by atoms with Crippen LogP contribution in [0.3, 0.4) is 0 Å². The van der Waals surface area contributed by atoms with Crippen molar-refractivity contribution in [2.75, 3.05) is 0 Å². The van der Waals surface area contributed by atoms with Crippen LogP contribution in [0.15, 0.2) is 346 Å². The van der Waals surface area contributed by atoms with Crippen molar-refractivity contribution in [1.29, 1.82) is 0 Å². The van der Waals surface area contributed by atoms with Crippen LogP contribution in [0.2, 0.25) is 0 Å². The van der Waals surface area contributed by atoms with Gasteiger partial charge >= 0.3 is 0 Å². The molecule has 8 aromatic carbocycles. The molecule has 0 aliphatic carbocycles. The zero-order valence-electron chi connectivity index (χ0n) is 52.1. The molecule has 0 saturated heterocycles. The van der Waals surface area contributed by atoms with Crippen LogP contribution in [0.5, 0.6) is 46.0 Å². The number of phenols is 8. The second kappa shape index (κ2) is 59.5. The average Bonchev–Trinajstić information content (AvgIpc) is 0.911. The molecule has 12 rings (SSSR count). The maximum Gasteiger partial charge on any atom is 0.143 e. The summed E-state index contributed by atoms with van der Waals surface area (Å²) in [6.07, 6.45) is 16.8. The Morgan fingerprint density at radius 2 is 0.451 bits per heavy atom. The fourth-order valence-corrected chi connectivity index (χ4v) is 6.74. The van der Waals surface area contributed by atoms with Gasteiger partial charge in [-0.25, -0.2) is 0 Å². The van der Waals surface area contributed by atoms with Gasteiger partial charge in [0.1, 0.15) is 91.5 Å². The van der Waals surface area contributed by atoms with Crippen LogP contribution in [0.1, 0.15) is 53.3 Å². The van der Waals surface area contributed by atoms with E-state index in [0.717, 1.165) is 17.5 Å². The Kier molecular flexibility index (Phi) is 57.1. The molecule has 9 N–H and O–H groups in total. The fourth-order valence-electron chi connectivity index (χ4n) is 6.74. The van der Waals surface area contributed by atoms with Crippen molar-refractivity contribution in [3.05, 3.63) is 322 Å². The Morgan fingerprint density at radius 1 is 0.265 bits per heavy atom. The molecule has 21 nitrogen and oxygen atoms in total. The summed E-state index contributed by atoms with van der Waals surface area (Å²) in [6.45, 7) is 5.84. The zero-order chi connectivity index (χ0) is 67.2. The molecular formula is C77H84N12O9Pt4. The van der Waals surface area contributed by atoms with Crippen molar-refractivity contribution in [2.45, 2.75) is 49.7 Å². The van der Waals surface area contributed by atoms with Crippen molar-refractivity contribution < 1.29 is 130 Å². The van der Waals surface area contributed by atoms with Gasteiger partial charge < -0.3 is 46.0 Å². The molecule has 25 heteroatoms. The van der Waals surface area contributed by atoms with Crippen molar-refractivity contribution in [2.24, 2.45) is 40.9 Å². The van der Waals surface area contributed by atoms with Crippen molar-refractivity contribution >= 4 is 51.6 Å². The summed E-state index contributed by atoms with van der Waals surface area (Å²) in [4.78, 5) is 15.3. The van der Waals surface area contributed by atoms with Crippen LogP contribution in [-0.2, 0) is 97.3 Å². The van der Waals surface area contributed by atoms with Crippen LogP contribution in [0, 0.1) is 0 Å². The Labute approximate surface area is 654 Å². The molecule has 0 aliphatic rings. The third-order valence-electron chi connectivity index (χ3n) is 11.7. The van der Waals surface area contributed by atoms with E-state index in [0.29, 0.717) is 45.5 Å². The maximum absolute atomic E-state index is 9.44. The molecule has 0 radical (unpaired) electrons. The maximum atomic E-state index is 9.44. The second-order valence-electron chi connectivity index (χ2n) is 18.4. The number of hydrogen-bond acceptors (Lipinski definition) is 21. The Hall–Kier alpha value is -10.4. The molecule has 0 aliphatic heterocycles. The summed E-state index contributed by atoms with van der Waals surface area (Å²) in [7, 11) is 0. The smallest absolute Gasteiger partial charge is 0.143 e. The first kappa shape index (κ1) is 98.0. The number of phenolic OH excluding ortho intramolecular Hbond substituents is 8. The predicted molar refractivity (Wildman–Crippen MR) is 391 cm³/mol. The number of aryl methyl sites for hydroxylation is 1. The second-order valence-corrected chi connectivity index (χ2v) is 18.4. The summed E-state index contributed by atoms with van der Waals surface area (Å²) in [5, 5.41) is 115. The number of aliphatic hydroxyl groups excluding tert-OH is 1. The summed E-state index contributed by atoms with van der Waals surface area (Å²) >= 11 is 0. The zero-order valence-corrected chi connectivity index (χ0v) is 61.2. The summed E-state index contributed by atoms with van der Waals surface area (Å²) < 4.78 is 0. The molecule has 0 atom stereocenters. The third-order valence-corrected chi connectivity index (χ3v) is 11.7. The van der Waals surface area contributed by atoms with Gasteiger partial charge in [-0.05, 0) is 169 Å². The quantitative estimate of drug-likeness (QED) is 0.0545. The van der Waals surface area contributed by atoms with E-state index in [4.69, 9.17) is 5.11 Å². The standard InChI is InChI=1S/4C12H10N2O2.C7H9N.C7H7N.C6H7NO.C5H5N.4CH4.4Pt/c4*15-11-7-3-1-5-9(11)13-14-10-6-2-4-8-12(10)16;2*1-2-7-3-5-8-6-4-7;8-5-6-1-3-7-4-2-6;1-2-4-6-5-3-1;;;;;;;;/h4*1-8,15-16H;3-6H,2H2,1H3;2-6H,1H2;1-4,8H,5H2;1-5H;4*1H4;;;;. The number of rotatable bonds is 11. The van der Waals surface area contributed by atoms with E-state index in [9.17, 15) is 40.9 Å². The van der Waals surface area contributed by atoms with Gasteiger partial charge in [-0.2, -0.15) is 0 Å². The molecule has 0 unspecified atom stereocenters. The fraction of sp³-hybridized carbons (Fsp3) is 0.0909. The third kappa shape index (κ3) is 39.4. The average molecular weight is 2100 g/mol. The molecule has 0 fully saturated rings. The van der Waals surface area contributed by atoms with Crippen molar-refractivity contribution in [3.63, 3.8) is 0 Å². The van der Waals surface area contributed by atoms with Crippen LogP contribution in [0.4, 0.5) is 45.5 Å². The van der Waals surface area contributed by atoms with Gasteiger partial charge in [-0.3, -0.25) is 19.9 Å². The first-order chi connectivity index (χ1) is 45.9. The molecular weight excluding hydrogens is 2020 g/mol. The van der Waals surface area contributed by atoms with Crippen LogP contribution < -0.4 is 0 Å². The normalized spacial score (nSPS) is 9.31. The van der Waals surface area contributed by atoms with E-state index in [1.807, 2.05) is 54.9 Å². The topological polar surface area (TPSA) is 333 Å². The predicted octanol–water partition coefficient (Wildman–Crippen LogP) is 21.6. The summed E-state index contributed by atoms with van der Waals surface area (Å²) in [5.41, 5.74) is 6.29. The Balaban J connectivity index is -0.000000543. The molecule has 12 aromatic rings. The minimum absolute atomic E-state index is 0. The van der Waals surface area contributed by atoms with Crippen LogP contribution in [0.25, 0.3) is 6.08 Å². The SMILES string of the molecule is C.C.C.C.C=Cc1ccncc1.CCc1ccncc1.OCc1ccncc1.Oc1ccccc1N=Nc1ccccc1O.Oc1ccccc1N=Nc1ccccc1O.Oc1ccccc1N=Nc1ccccc1O.Oc1ccccc1N=Nc1ccccc1O.[Pt].[Pt].[Pt].[Pt].c1ccncc1. The van der Waals surface area contributed by atoms with Gasteiger partial charge in [-0.1, -0.05) is 152 Å². The number of benzene rings is 8. The largest absolute Gasteiger partial charge is 0.506 e. The van der Waals surface area contributed by atoms with E-state index in [-0.39, 0.29) is 167 Å². The number of hydrogen-bond donors (Lipinski definition) is 9.